The summed E-state index contributed by atoms with van der Waals surface area (Å²) in [4.78, 5) is 35.3. The molecule has 0 spiro atoms. The third-order valence-electron chi connectivity index (χ3n) is 6.57. The SMILES string of the molecule is COc1cnc2c(Oc3ccc(CC(=O)c4nn(C(C)C)c(C)c(-c5ccc(F)cc5)c4=O)cc3F)ccnc2c1. The van der Waals surface area contributed by atoms with E-state index in [0.717, 1.165) is 0 Å². The first-order chi connectivity index (χ1) is 19.7. The van der Waals surface area contributed by atoms with E-state index in [1.807, 2.05) is 13.8 Å². The number of methoxy groups -OCH3 is 1. The van der Waals surface area contributed by atoms with Crippen LogP contribution in [0.3, 0.4) is 0 Å². The zero-order chi connectivity index (χ0) is 29.3. The Morgan fingerprint density at radius 2 is 1.76 bits per heavy atom. The van der Waals surface area contributed by atoms with Gasteiger partial charge in [-0.2, -0.15) is 5.10 Å². The van der Waals surface area contributed by atoms with E-state index in [-0.39, 0.29) is 29.5 Å². The molecule has 2 aromatic carbocycles. The maximum atomic E-state index is 15.1. The van der Waals surface area contributed by atoms with Gasteiger partial charge in [-0.3, -0.25) is 19.3 Å². The number of fused-ring (bicyclic) bond motifs is 1. The normalized spacial score (nSPS) is 11.2. The van der Waals surface area contributed by atoms with Gasteiger partial charge in [0.2, 0.25) is 5.43 Å². The first-order valence-corrected chi connectivity index (χ1v) is 12.8. The molecular formula is C31H26F2N4O4. The Kier molecular flexibility index (Phi) is 7.56. The van der Waals surface area contributed by atoms with Crippen molar-refractivity contribution in [1.82, 2.24) is 19.7 Å². The van der Waals surface area contributed by atoms with Gasteiger partial charge < -0.3 is 9.47 Å². The fourth-order valence-electron chi connectivity index (χ4n) is 4.57. The Morgan fingerprint density at radius 3 is 2.44 bits per heavy atom. The number of ketones is 1. The number of rotatable bonds is 8. The van der Waals surface area contributed by atoms with E-state index < -0.39 is 22.8 Å². The fraction of sp³-hybridized carbons (Fsp3) is 0.194. The molecular weight excluding hydrogens is 530 g/mol. The van der Waals surface area contributed by atoms with Crippen molar-refractivity contribution in [2.45, 2.75) is 33.2 Å². The largest absolute Gasteiger partial charge is 0.495 e. The molecule has 0 atom stereocenters. The number of halogens is 2. The lowest BCUT2D eigenvalue weighted by molar-refractivity contribution is 0.0984. The zero-order valence-electron chi connectivity index (χ0n) is 22.8. The number of nitrogens with zero attached hydrogens (tertiary/aromatic N) is 4. The van der Waals surface area contributed by atoms with Gasteiger partial charge in [0.15, 0.2) is 28.8 Å². The molecule has 0 bridgehead atoms. The molecule has 0 saturated heterocycles. The number of aromatic nitrogens is 4. The summed E-state index contributed by atoms with van der Waals surface area (Å²) in [5.74, 6) is -0.956. The van der Waals surface area contributed by atoms with Gasteiger partial charge in [-0.1, -0.05) is 18.2 Å². The Bertz CT molecular complexity index is 1840. The predicted molar refractivity (Wildman–Crippen MR) is 150 cm³/mol. The van der Waals surface area contributed by atoms with E-state index in [4.69, 9.17) is 9.47 Å². The number of benzene rings is 2. The Hall–Kier alpha value is -4.99. The monoisotopic (exact) mass is 556 g/mol. The van der Waals surface area contributed by atoms with E-state index in [9.17, 15) is 14.0 Å². The molecule has 10 heteroatoms. The van der Waals surface area contributed by atoms with Gasteiger partial charge in [-0.25, -0.2) is 13.8 Å². The Labute approximate surface area is 234 Å². The quantitative estimate of drug-likeness (QED) is 0.209. The van der Waals surface area contributed by atoms with Crippen LogP contribution in [0.25, 0.3) is 22.2 Å². The van der Waals surface area contributed by atoms with E-state index in [1.54, 1.807) is 29.8 Å². The minimum absolute atomic E-state index is 0.0689. The minimum atomic E-state index is -0.697. The van der Waals surface area contributed by atoms with E-state index in [2.05, 4.69) is 15.1 Å². The minimum Gasteiger partial charge on any atom is -0.495 e. The number of carbonyl (C=O) groups excluding carboxylic acids is 1. The number of carbonyl (C=O) groups is 1. The molecule has 0 aliphatic heterocycles. The summed E-state index contributed by atoms with van der Waals surface area (Å²) in [6.45, 7) is 5.48. The molecule has 0 aliphatic carbocycles. The van der Waals surface area contributed by atoms with Gasteiger partial charge in [0.05, 0.1) is 24.4 Å². The van der Waals surface area contributed by atoms with Crippen molar-refractivity contribution in [2.24, 2.45) is 0 Å². The van der Waals surface area contributed by atoms with Crippen molar-refractivity contribution in [1.29, 1.82) is 0 Å². The van der Waals surface area contributed by atoms with E-state index >= 15 is 4.39 Å². The summed E-state index contributed by atoms with van der Waals surface area (Å²) in [5, 5.41) is 4.35. The lowest BCUT2D eigenvalue weighted by Crippen LogP contribution is -2.28. The highest BCUT2D eigenvalue weighted by Gasteiger charge is 2.23. The Morgan fingerprint density at radius 1 is 1.00 bits per heavy atom. The number of pyridine rings is 2. The van der Waals surface area contributed by atoms with Crippen LogP contribution in [0.4, 0.5) is 8.78 Å². The summed E-state index contributed by atoms with van der Waals surface area (Å²) in [7, 11) is 1.52. The van der Waals surface area contributed by atoms with Crippen molar-refractivity contribution in [3.05, 3.63) is 106 Å². The molecule has 208 valence electrons. The van der Waals surface area contributed by atoms with Gasteiger partial charge in [0.1, 0.15) is 17.1 Å². The first kappa shape index (κ1) is 27.6. The Balaban J connectivity index is 1.44. The van der Waals surface area contributed by atoms with Crippen molar-refractivity contribution in [3.63, 3.8) is 0 Å². The van der Waals surface area contributed by atoms with Crippen molar-refractivity contribution in [3.8, 4) is 28.4 Å². The fourth-order valence-corrected chi connectivity index (χ4v) is 4.57. The third-order valence-corrected chi connectivity index (χ3v) is 6.57. The predicted octanol–water partition coefficient (Wildman–Crippen LogP) is 6.25. The number of hydrogen-bond donors (Lipinski definition) is 0. The number of Topliss-reactive ketones (excluding diaryl/α,β-unsaturated/α-hetero) is 1. The summed E-state index contributed by atoms with van der Waals surface area (Å²) < 4.78 is 41.2. The van der Waals surface area contributed by atoms with Gasteiger partial charge in [0.25, 0.3) is 0 Å². The molecule has 5 rings (SSSR count). The van der Waals surface area contributed by atoms with Crippen LogP contribution in [0, 0.1) is 18.6 Å². The molecule has 41 heavy (non-hydrogen) atoms. The van der Waals surface area contributed by atoms with Crippen LogP contribution in [0.2, 0.25) is 0 Å². The van der Waals surface area contributed by atoms with Gasteiger partial charge >= 0.3 is 0 Å². The lowest BCUT2D eigenvalue weighted by Gasteiger charge is -2.18. The van der Waals surface area contributed by atoms with Gasteiger partial charge in [-0.05, 0) is 56.2 Å². The lowest BCUT2D eigenvalue weighted by atomic mass is 10.00. The van der Waals surface area contributed by atoms with Crippen LogP contribution in [-0.4, -0.2) is 32.6 Å². The molecule has 0 amide bonds. The van der Waals surface area contributed by atoms with Crippen LogP contribution >= 0.6 is 0 Å². The molecule has 0 saturated carbocycles. The number of hydrogen-bond acceptors (Lipinski definition) is 7. The highest BCUT2D eigenvalue weighted by Crippen LogP contribution is 2.31. The highest BCUT2D eigenvalue weighted by molar-refractivity contribution is 5.96. The molecule has 0 radical (unpaired) electrons. The van der Waals surface area contributed by atoms with Crippen LogP contribution in [0.1, 0.15) is 41.6 Å². The smallest absolute Gasteiger partial charge is 0.219 e. The second-order valence-corrected chi connectivity index (χ2v) is 9.70. The second-order valence-electron chi connectivity index (χ2n) is 9.70. The van der Waals surface area contributed by atoms with Crippen LogP contribution in [0.15, 0.2) is 71.8 Å². The third kappa shape index (κ3) is 5.54. The molecule has 3 heterocycles. The van der Waals surface area contributed by atoms with Crippen molar-refractivity contribution < 1.29 is 23.0 Å². The molecule has 5 aromatic rings. The maximum Gasteiger partial charge on any atom is 0.219 e. The van der Waals surface area contributed by atoms with E-state index in [1.165, 1.54) is 55.9 Å². The molecule has 0 aliphatic rings. The summed E-state index contributed by atoms with van der Waals surface area (Å²) in [6.07, 6.45) is 2.77. The van der Waals surface area contributed by atoms with Crippen molar-refractivity contribution >= 4 is 16.8 Å². The molecule has 0 N–H and O–H groups in total. The molecule has 3 aromatic heterocycles. The maximum absolute atomic E-state index is 15.1. The highest BCUT2D eigenvalue weighted by atomic mass is 19.1. The molecule has 0 fully saturated rings. The van der Waals surface area contributed by atoms with Gasteiger partial charge in [0, 0.05) is 36.5 Å². The first-order valence-electron chi connectivity index (χ1n) is 12.8. The van der Waals surface area contributed by atoms with Crippen LogP contribution in [-0.2, 0) is 6.42 Å². The van der Waals surface area contributed by atoms with Gasteiger partial charge in [-0.15, -0.1) is 0 Å². The average Bonchev–Trinajstić information content (AvgIpc) is 2.95. The number of ether oxygens (including phenoxy) is 2. The van der Waals surface area contributed by atoms with E-state index in [0.29, 0.717) is 39.4 Å². The standard InChI is InChI=1S/C31H26F2N4O4/c1-17(2)37-18(3)28(20-6-8-21(32)9-7-20)31(39)30(36-37)25(38)14-19-5-10-26(23(33)13-19)41-27-11-12-34-24-15-22(40-4)16-35-29(24)27/h5-13,15-17H,14H2,1-4H3. The molecule has 8 nitrogen and oxygen atoms in total. The average molecular weight is 557 g/mol. The molecule has 0 unspecified atom stereocenters. The second kappa shape index (κ2) is 11.2. The summed E-state index contributed by atoms with van der Waals surface area (Å²) in [5.41, 5.74) is 1.74. The topological polar surface area (TPSA) is 96.2 Å². The van der Waals surface area contributed by atoms with Crippen molar-refractivity contribution in [2.75, 3.05) is 7.11 Å². The van der Waals surface area contributed by atoms with Crippen LogP contribution < -0.4 is 14.9 Å². The summed E-state index contributed by atoms with van der Waals surface area (Å²) >= 11 is 0. The zero-order valence-corrected chi connectivity index (χ0v) is 22.8. The summed E-state index contributed by atoms with van der Waals surface area (Å²) in [6, 6.07) is 12.7. The van der Waals surface area contributed by atoms with Crippen LogP contribution in [0.5, 0.6) is 17.2 Å².